The number of methoxy groups -OCH3 is 1. The number of aliphatic hydroxyl groups excluding tert-OH is 1. The zero-order valence-electron chi connectivity index (χ0n) is 13.0. The van der Waals surface area contributed by atoms with Gasteiger partial charge < -0.3 is 19.3 Å². The topological polar surface area (TPSA) is 47.9 Å². The number of hydrogen-bond donors (Lipinski definition) is 1. The zero-order valence-corrected chi connectivity index (χ0v) is 13.0. The van der Waals surface area contributed by atoms with E-state index in [1.165, 1.54) is 19.2 Å². The Bertz CT molecular complexity index is 654. The van der Waals surface area contributed by atoms with Crippen LogP contribution in [-0.2, 0) is 0 Å². The van der Waals surface area contributed by atoms with Crippen molar-refractivity contribution in [3.8, 4) is 28.4 Å². The monoisotopic (exact) mass is 342 g/mol. The van der Waals surface area contributed by atoms with E-state index in [2.05, 4.69) is 4.74 Å². The van der Waals surface area contributed by atoms with Crippen LogP contribution in [0.5, 0.6) is 17.2 Å². The third-order valence-electron chi connectivity index (χ3n) is 3.15. The lowest BCUT2D eigenvalue weighted by Crippen LogP contribution is -2.17. The van der Waals surface area contributed by atoms with Crippen LogP contribution in [0.4, 0.5) is 13.2 Å². The molecule has 0 bridgehead atoms. The predicted octanol–water partition coefficient (Wildman–Crippen LogP) is 4.02. The average molecular weight is 342 g/mol. The van der Waals surface area contributed by atoms with Crippen LogP contribution in [0.2, 0.25) is 0 Å². The summed E-state index contributed by atoms with van der Waals surface area (Å²) in [6.45, 7) is 0.139. The SMILES string of the molecule is COc1ccc(-c2ccc(OCCCO)cc2OC(F)(F)F)cc1. The van der Waals surface area contributed by atoms with Crippen molar-refractivity contribution >= 4 is 0 Å². The molecule has 0 heterocycles. The summed E-state index contributed by atoms with van der Waals surface area (Å²) in [7, 11) is 1.51. The predicted molar refractivity (Wildman–Crippen MR) is 82.3 cm³/mol. The molecule has 0 saturated heterocycles. The van der Waals surface area contributed by atoms with Crippen LogP contribution in [0.15, 0.2) is 42.5 Å². The lowest BCUT2D eigenvalue weighted by molar-refractivity contribution is -0.274. The highest BCUT2D eigenvalue weighted by atomic mass is 19.4. The molecule has 0 fully saturated rings. The van der Waals surface area contributed by atoms with Gasteiger partial charge in [0.25, 0.3) is 0 Å². The second-order valence-electron chi connectivity index (χ2n) is 4.86. The molecule has 0 amide bonds. The second kappa shape index (κ2) is 7.92. The first kappa shape index (κ1) is 17.9. The number of alkyl halides is 3. The second-order valence-corrected chi connectivity index (χ2v) is 4.86. The fraction of sp³-hybridized carbons (Fsp3) is 0.294. The van der Waals surface area contributed by atoms with E-state index in [1.54, 1.807) is 30.3 Å². The average Bonchev–Trinajstić information content (AvgIpc) is 2.54. The molecule has 2 aromatic rings. The standard InChI is InChI=1S/C17H17F3O4/c1-22-13-5-3-12(4-6-13)15-8-7-14(23-10-2-9-21)11-16(15)24-17(18,19)20/h3-8,11,21H,2,9-10H2,1H3. The highest BCUT2D eigenvalue weighted by molar-refractivity contribution is 5.72. The minimum absolute atomic E-state index is 0.0597. The first-order valence-electron chi connectivity index (χ1n) is 7.21. The molecule has 24 heavy (non-hydrogen) atoms. The third kappa shape index (κ3) is 5.06. The van der Waals surface area contributed by atoms with Crippen molar-refractivity contribution in [1.82, 2.24) is 0 Å². The Morgan fingerprint density at radius 3 is 2.25 bits per heavy atom. The Balaban J connectivity index is 2.33. The van der Waals surface area contributed by atoms with Crippen LogP contribution in [0.1, 0.15) is 6.42 Å². The fourth-order valence-corrected chi connectivity index (χ4v) is 2.07. The van der Waals surface area contributed by atoms with E-state index in [4.69, 9.17) is 14.6 Å². The number of rotatable bonds is 7. The summed E-state index contributed by atoms with van der Waals surface area (Å²) in [6, 6.07) is 10.8. The highest BCUT2D eigenvalue weighted by Crippen LogP contribution is 2.37. The number of hydrogen-bond acceptors (Lipinski definition) is 4. The summed E-state index contributed by atoms with van der Waals surface area (Å²) in [4.78, 5) is 0. The van der Waals surface area contributed by atoms with Crippen molar-refractivity contribution in [3.63, 3.8) is 0 Å². The van der Waals surface area contributed by atoms with Gasteiger partial charge >= 0.3 is 6.36 Å². The van der Waals surface area contributed by atoms with E-state index in [0.29, 0.717) is 17.7 Å². The minimum atomic E-state index is -4.81. The van der Waals surface area contributed by atoms with E-state index < -0.39 is 6.36 Å². The molecule has 0 aromatic heterocycles. The van der Waals surface area contributed by atoms with E-state index in [1.807, 2.05) is 0 Å². The molecule has 130 valence electrons. The van der Waals surface area contributed by atoms with E-state index >= 15 is 0 Å². The molecule has 0 aliphatic carbocycles. The maximum absolute atomic E-state index is 12.7. The van der Waals surface area contributed by atoms with Gasteiger partial charge in [-0.2, -0.15) is 0 Å². The largest absolute Gasteiger partial charge is 0.573 e. The van der Waals surface area contributed by atoms with Gasteiger partial charge in [0.05, 0.1) is 13.7 Å². The van der Waals surface area contributed by atoms with Gasteiger partial charge in [-0.05, 0) is 29.8 Å². The van der Waals surface area contributed by atoms with Gasteiger partial charge in [-0.3, -0.25) is 0 Å². The molecule has 2 aromatic carbocycles. The van der Waals surface area contributed by atoms with E-state index in [9.17, 15) is 13.2 Å². The molecule has 2 rings (SSSR count). The molecule has 0 saturated carbocycles. The lowest BCUT2D eigenvalue weighted by Gasteiger charge is -2.15. The highest BCUT2D eigenvalue weighted by Gasteiger charge is 2.32. The van der Waals surface area contributed by atoms with Crippen LogP contribution in [0.25, 0.3) is 11.1 Å². The Morgan fingerprint density at radius 2 is 1.67 bits per heavy atom. The van der Waals surface area contributed by atoms with Gasteiger partial charge in [0.15, 0.2) is 0 Å². The Hall–Kier alpha value is -2.41. The first-order chi connectivity index (χ1) is 11.4. The van der Waals surface area contributed by atoms with Crippen LogP contribution in [-0.4, -0.2) is 31.8 Å². The maximum Gasteiger partial charge on any atom is 0.573 e. The molecule has 7 heteroatoms. The van der Waals surface area contributed by atoms with Gasteiger partial charge in [-0.15, -0.1) is 13.2 Å². The molecular formula is C17H17F3O4. The zero-order chi connectivity index (χ0) is 17.6. The van der Waals surface area contributed by atoms with Crippen molar-refractivity contribution in [3.05, 3.63) is 42.5 Å². The third-order valence-corrected chi connectivity index (χ3v) is 3.15. The van der Waals surface area contributed by atoms with E-state index in [-0.39, 0.29) is 30.3 Å². The summed E-state index contributed by atoms with van der Waals surface area (Å²) in [6.07, 6.45) is -4.43. The number of halogens is 3. The van der Waals surface area contributed by atoms with Crippen molar-refractivity contribution in [2.75, 3.05) is 20.3 Å². The fourth-order valence-electron chi connectivity index (χ4n) is 2.07. The molecule has 0 aliphatic rings. The van der Waals surface area contributed by atoms with Gasteiger partial charge in [0.2, 0.25) is 0 Å². The van der Waals surface area contributed by atoms with Crippen LogP contribution < -0.4 is 14.2 Å². The molecule has 0 atom stereocenters. The quantitative estimate of drug-likeness (QED) is 0.772. The van der Waals surface area contributed by atoms with Crippen LogP contribution in [0.3, 0.4) is 0 Å². The molecule has 0 aliphatic heterocycles. The molecular weight excluding hydrogens is 325 g/mol. The Labute approximate surface area is 137 Å². The number of benzene rings is 2. The normalized spacial score (nSPS) is 11.2. The van der Waals surface area contributed by atoms with Crippen molar-refractivity contribution in [1.29, 1.82) is 0 Å². The molecule has 0 unspecified atom stereocenters. The van der Waals surface area contributed by atoms with Crippen molar-refractivity contribution in [2.45, 2.75) is 12.8 Å². The van der Waals surface area contributed by atoms with E-state index in [0.717, 1.165) is 0 Å². The molecule has 0 radical (unpaired) electrons. The summed E-state index contributed by atoms with van der Waals surface area (Å²) < 4.78 is 52.5. The van der Waals surface area contributed by atoms with Crippen LogP contribution >= 0.6 is 0 Å². The van der Waals surface area contributed by atoms with Gasteiger partial charge in [0.1, 0.15) is 17.2 Å². The summed E-state index contributed by atoms with van der Waals surface area (Å²) in [5.74, 6) is 0.482. The van der Waals surface area contributed by atoms with Gasteiger partial charge in [0, 0.05) is 24.7 Å². The van der Waals surface area contributed by atoms with Crippen LogP contribution in [0, 0.1) is 0 Å². The summed E-state index contributed by atoms with van der Waals surface area (Å²) in [5.41, 5.74) is 0.835. The van der Waals surface area contributed by atoms with Gasteiger partial charge in [-0.1, -0.05) is 12.1 Å². The maximum atomic E-state index is 12.7. The lowest BCUT2D eigenvalue weighted by atomic mass is 10.0. The Kier molecular flexibility index (Phi) is 5.92. The minimum Gasteiger partial charge on any atom is -0.497 e. The molecule has 4 nitrogen and oxygen atoms in total. The van der Waals surface area contributed by atoms with Crippen molar-refractivity contribution in [2.24, 2.45) is 0 Å². The Morgan fingerprint density at radius 1 is 1.00 bits per heavy atom. The van der Waals surface area contributed by atoms with Crippen molar-refractivity contribution < 1.29 is 32.5 Å². The molecule has 0 spiro atoms. The van der Waals surface area contributed by atoms with Gasteiger partial charge in [-0.25, -0.2) is 0 Å². The molecule has 1 N–H and O–H groups in total. The smallest absolute Gasteiger partial charge is 0.497 e. The first-order valence-corrected chi connectivity index (χ1v) is 7.21. The summed E-state index contributed by atoms with van der Waals surface area (Å²) >= 11 is 0. The number of aliphatic hydroxyl groups is 1. The number of ether oxygens (including phenoxy) is 3. The summed E-state index contributed by atoms with van der Waals surface area (Å²) in [5, 5.41) is 8.72.